The summed E-state index contributed by atoms with van der Waals surface area (Å²) in [7, 11) is 1.66. The summed E-state index contributed by atoms with van der Waals surface area (Å²) in [6, 6.07) is 16.2. The largest absolute Gasteiger partial charge is 0.497 e. The average Bonchev–Trinajstić information content (AvgIpc) is 3.42. The standard InChI is InChI=1S/C24H27N5OS2/c1-24(2,3)21(20-6-5-15-32-20)26-16-28-23(31)29(18-7-9-19(30-4)10-8-18)22(27-28)17-11-13-25-14-12-17/h5-15,21,26H,16H2,1-4H3. The number of pyridine rings is 1. The number of nitrogens with zero attached hydrogens (tertiary/aromatic N) is 4. The zero-order valence-electron chi connectivity index (χ0n) is 18.6. The molecule has 0 fully saturated rings. The first-order valence-electron chi connectivity index (χ1n) is 10.4. The summed E-state index contributed by atoms with van der Waals surface area (Å²) in [6.07, 6.45) is 3.53. The second kappa shape index (κ2) is 9.36. The lowest BCUT2D eigenvalue weighted by Gasteiger charge is -2.30. The average molecular weight is 466 g/mol. The van der Waals surface area contributed by atoms with Gasteiger partial charge in [0, 0.05) is 28.9 Å². The monoisotopic (exact) mass is 465 g/mol. The van der Waals surface area contributed by atoms with Crippen molar-refractivity contribution in [3.63, 3.8) is 0 Å². The Labute approximate surface area is 197 Å². The molecule has 3 heterocycles. The Bertz CT molecular complexity index is 1210. The van der Waals surface area contributed by atoms with Gasteiger partial charge in [0.05, 0.1) is 19.5 Å². The number of aromatic nitrogens is 4. The molecule has 0 amide bonds. The van der Waals surface area contributed by atoms with Crippen LogP contribution in [0.3, 0.4) is 0 Å². The van der Waals surface area contributed by atoms with E-state index in [0.717, 1.165) is 22.8 Å². The van der Waals surface area contributed by atoms with Gasteiger partial charge in [-0.25, -0.2) is 4.68 Å². The Kier molecular flexibility index (Phi) is 6.55. The van der Waals surface area contributed by atoms with Crippen LogP contribution in [0.25, 0.3) is 17.1 Å². The highest BCUT2D eigenvalue weighted by molar-refractivity contribution is 7.71. The zero-order chi connectivity index (χ0) is 22.7. The lowest BCUT2D eigenvalue weighted by Crippen LogP contribution is -2.33. The van der Waals surface area contributed by atoms with Crippen molar-refractivity contribution in [1.29, 1.82) is 0 Å². The summed E-state index contributed by atoms with van der Waals surface area (Å²) >= 11 is 7.64. The van der Waals surface area contributed by atoms with Gasteiger partial charge in [-0.3, -0.25) is 14.9 Å². The highest BCUT2D eigenvalue weighted by Gasteiger charge is 2.27. The molecule has 0 radical (unpaired) electrons. The molecule has 1 N–H and O–H groups in total. The normalized spacial score (nSPS) is 12.6. The predicted octanol–water partition coefficient (Wildman–Crippen LogP) is 5.87. The summed E-state index contributed by atoms with van der Waals surface area (Å²) in [6.45, 7) is 7.21. The molecule has 166 valence electrons. The molecule has 0 saturated heterocycles. The molecule has 1 unspecified atom stereocenters. The number of hydrogen-bond acceptors (Lipinski definition) is 6. The van der Waals surface area contributed by atoms with E-state index in [-0.39, 0.29) is 11.5 Å². The van der Waals surface area contributed by atoms with E-state index in [2.05, 4.69) is 48.6 Å². The second-order valence-electron chi connectivity index (χ2n) is 8.55. The van der Waals surface area contributed by atoms with Crippen LogP contribution in [0.15, 0.2) is 66.3 Å². The number of thiophene rings is 1. The predicted molar refractivity (Wildman–Crippen MR) is 132 cm³/mol. The van der Waals surface area contributed by atoms with Gasteiger partial charge in [0.1, 0.15) is 5.75 Å². The fourth-order valence-electron chi connectivity index (χ4n) is 3.63. The van der Waals surface area contributed by atoms with Crippen LogP contribution in [0.2, 0.25) is 0 Å². The van der Waals surface area contributed by atoms with Gasteiger partial charge in [0.15, 0.2) is 5.82 Å². The van der Waals surface area contributed by atoms with Crippen molar-refractivity contribution in [2.75, 3.05) is 7.11 Å². The van der Waals surface area contributed by atoms with Crippen molar-refractivity contribution in [3.8, 4) is 22.8 Å². The molecule has 0 aliphatic heterocycles. The summed E-state index contributed by atoms with van der Waals surface area (Å²) in [5.41, 5.74) is 1.92. The first-order valence-corrected chi connectivity index (χ1v) is 11.7. The Morgan fingerprint density at radius 1 is 1.09 bits per heavy atom. The van der Waals surface area contributed by atoms with Gasteiger partial charge in [0.25, 0.3) is 0 Å². The highest BCUT2D eigenvalue weighted by Crippen LogP contribution is 2.35. The molecule has 1 atom stereocenters. The van der Waals surface area contributed by atoms with Crippen molar-refractivity contribution in [2.24, 2.45) is 5.41 Å². The lowest BCUT2D eigenvalue weighted by molar-refractivity contribution is 0.255. The highest BCUT2D eigenvalue weighted by atomic mass is 32.1. The van der Waals surface area contributed by atoms with E-state index in [1.54, 1.807) is 30.8 Å². The van der Waals surface area contributed by atoms with Crippen molar-refractivity contribution in [1.82, 2.24) is 24.6 Å². The number of ether oxygens (including phenoxy) is 1. The first kappa shape index (κ1) is 22.4. The smallest absolute Gasteiger partial charge is 0.204 e. The molecule has 0 bridgehead atoms. The van der Waals surface area contributed by atoms with E-state index in [9.17, 15) is 0 Å². The molecule has 8 heteroatoms. The number of nitrogens with one attached hydrogen (secondary N) is 1. The van der Waals surface area contributed by atoms with Crippen LogP contribution in [0.1, 0.15) is 31.7 Å². The van der Waals surface area contributed by atoms with E-state index >= 15 is 0 Å². The minimum Gasteiger partial charge on any atom is -0.497 e. The third-order valence-electron chi connectivity index (χ3n) is 5.25. The van der Waals surface area contributed by atoms with Crippen LogP contribution in [-0.2, 0) is 6.67 Å². The molecule has 4 aromatic rings. The zero-order valence-corrected chi connectivity index (χ0v) is 20.3. The molecule has 3 aromatic heterocycles. The van der Waals surface area contributed by atoms with Gasteiger partial charge in [0.2, 0.25) is 4.77 Å². The third-order valence-corrected chi connectivity index (χ3v) is 6.58. The molecule has 0 aliphatic rings. The Morgan fingerprint density at radius 2 is 1.81 bits per heavy atom. The van der Waals surface area contributed by atoms with Crippen LogP contribution in [0.4, 0.5) is 0 Å². The van der Waals surface area contributed by atoms with Crippen molar-refractivity contribution < 1.29 is 4.74 Å². The van der Waals surface area contributed by atoms with Crippen LogP contribution >= 0.6 is 23.6 Å². The number of rotatable bonds is 7. The van der Waals surface area contributed by atoms with Crippen LogP contribution < -0.4 is 10.1 Å². The van der Waals surface area contributed by atoms with Crippen molar-refractivity contribution in [2.45, 2.75) is 33.5 Å². The maximum atomic E-state index is 5.88. The summed E-state index contributed by atoms with van der Waals surface area (Å²) in [4.78, 5) is 5.44. The van der Waals surface area contributed by atoms with Gasteiger partial charge >= 0.3 is 0 Å². The van der Waals surface area contributed by atoms with Crippen molar-refractivity contribution in [3.05, 3.63) is 76.0 Å². The molecular formula is C24H27N5OS2. The quantitative estimate of drug-likeness (QED) is 0.346. The topological polar surface area (TPSA) is 56.9 Å². The minimum absolute atomic E-state index is 0.0412. The van der Waals surface area contributed by atoms with Crippen molar-refractivity contribution >= 4 is 23.6 Å². The fourth-order valence-corrected chi connectivity index (χ4v) is 4.97. The van der Waals surface area contributed by atoms with Crippen LogP contribution in [-0.4, -0.2) is 26.4 Å². The third kappa shape index (κ3) is 4.67. The second-order valence-corrected chi connectivity index (χ2v) is 9.90. The van der Waals surface area contributed by atoms with Gasteiger partial charge in [-0.1, -0.05) is 26.8 Å². The summed E-state index contributed by atoms with van der Waals surface area (Å²) in [5.74, 6) is 1.57. The SMILES string of the molecule is COc1ccc(-n2c(-c3ccncc3)nn(CNC(c3cccs3)C(C)(C)C)c2=S)cc1. The minimum atomic E-state index is 0.0412. The maximum Gasteiger partial charge on any atom is 0.204 e. The summed E-state index contributed by atoms with van der Waals surface area (Å²) < 4.78 is 9.77. The van der Waals surface area contributed by atoms with Gasteiger partial charge in [-0.15, -0.1) is 16.4 Å². The van der Waals surface area contributed by atoms with Crippen LogP contribution in [0, 0.1) is 10.2 Å². The lowest BCUT2D eigenvalue weighted by atomic mass is 9.86. The molecule has 0 saturated carbocycles. The molecule has 32 heavy (non-hydrogen) atoms. The molecule has 1 aromatic carbocycles. The maximum absolute atomic E-state index is 5.88. The van der Waals surface area contributed by atoms with Crippen LogP contribution in [0.5, 0.6) is 5.75 Å². The number of hydrogen-bond donors (Lipinski definition) is 1. The molecule has 0 aliphatic carbocycles. The fraction of sp³-hybridized carbons (Fsp3) is 0.292. The number of methoxy groups -OCH3 is 1. The molecular weight excluding hydrogens is 438 g/mol. The molecule has 4 rings (SSSR count). The van der Waals surface area contributed by atoms with E-state index in [1.165, 1.54) is 4.88 Å². The van der Waals surface area contributed by atoms with E-state index in [4.69, 9.17) is 22.1 Å². The van der Waals surface area contributed by atoms with Gasteiger partial charge in [-0.2, -0.15) is 0 Å². The van der Waals surface area contributed by atoms with Gasteiger partial charge in [-0.05, 0) is 65.5 Å². The Balaban J connectivity index is 1.73. The number of benzene rings is 1. The van der Waals surface area contributed by atoms with E-state index in [1.807, 2.05) is 45.6 Å². The van der Waals surface area contributed by atoms with Gasteiger partial charge < -0.3 is 4.74 Å². The molecule has 0 spiro atoms. The first-order chi connectivity index (χ1) is 15.4. The Hall–Kier alpha value is -2.81. The molecule has 6 nitrogen and oxygen atoms in total. The van der Waals surface area contributed by atoms with E-state index in [0.29, 0.717) is 11.4 Å². The van der Waals surface area contributed by atoms with E-state index < -0.39 is 0 Å². The summed E-state index contributed by atoms with van der Waals surface area (Å²) in [5, 5.41) is 10.7. The Morgan fingerprint density at radius 3 is 2.41 bits per heavy atom.